The van der Waals surface area contributed by atoms with E-state index in [-0.39, 0.29) is 12.5 Å². The zero-order chi connectivity index (χ0) is 13.5. The molecular weight excluding hydrogens is 260 g/mol. The van der Waals surface area contributed by atoms with Gasteiger partial charge in [-0.05, 0) is 17.7 Å². The van der Waals surface area contributed by atoms with Crippen molar-refractivity contribution in [2.75, 3.05) is 30.0 Å². The van der Waals surface area contributed by atoms with Gasteiger partial charge in [0.1, 0.15) is 5.75 Å². The Morgan fingerprint density at radius 1 is 1.53 bits per heavy atom. The minimum atomic E-state index is -0.0987. The van der Waals surface area contributed by atoms with Crippen molar-refractivity contribution >= 4 is 23.4 Å². The molecule has 0 radical (unpaired) electrons. The van der Waals surface area contributed by atoms with Crippen LogP contribution in [0.5, 0.6) is 5.75 Å². The first kappa shape index (κ1) is 14.0. The van der Waals surface area contributed by atoms with Crippen LogP contribution in [0.3, 0.4) is 0 Å². The maximum absolute atomic E-state index is 11.2. The van der Waals surface area contributed by atoms with Gasteiger partial charge < -0.3 is 15.4 Å². The fourth-order valence-corrected chi connectivity index (χ4v) is 2.41. The zero-order valence-electron chi connectivity index (χ0n) is 10.8. The molecule has 0 atom stereocenters. The number of carbonyl (C=O) groups excluding carboxylic acids is 1. The highest BCUT2D eigenvalue weighted by atomic mass is 32.2. The highest BCUT2D eigenvalue weighted by molar-refractivity contribution is 7.99. The lowest BCUT2D eigenvalue weighted by atomic mass is 10.1. The van der Waals surface area contributed by atoms with Gasteiger partial charge in [-0.15, -0.1) is 6.58 Å². The third kappa shape index (κ3) is 4.29. The fourth-order valence-electron chi connectivity index (χ4n) is 1.78. The van der Waals surface area contributed by atoms with E-state index in [4.69, 9.17) is 4.74 Å². The van der Waals surface area contributed by atoms with Crippen LogP contribution in [0.4, 0.5) is 5.69 Å². The molecule has 0 unspecified atom stereocenters. The molecule has 5 heteroatoms. The van der Waals surface area contributed by atoms with Crippen molar-refractivity contribution in [3.8, 4) is 5.75 Å². The number of rotatable bonds is 7. The minimum absolute atomic E-state index is 0.0987. The van der Waals surface area contributed by atoms with Gasteiger partial charge in [-0.25, -0.2) is 0 Å². The minimum Gasteiger partial charge on any atom is -0.482 e. The van der Waals surface area contributed by atoms with Crippen LogP contribution in [0.1, 0.15) is 5.56 Å². The molecule has 2 rings (SSSR count). The largest absolute Gasteiger partial charge is 0.482 e. The first-order valence-electron chi connectivity index (χ1n) is 6.24. The summed E-state index contributed by atoms with van der Waals surface area (Å²) in [7, 11) is 0. The molecular formula is C14H18N2O2S. The van der Waals surface area contributed by atoms with Gasteiger partial charge in [0.2, 0.25) is 0 Å². The van der Waals surface area contributed by atoms with E-state index >= 15 is 0 Å². The zero-order valence-corrected chi connectivity index (χ0v) is 11.6. The molecule has 1 aliphatic rings. The number of fused-ring (bicyclic) bond motifs is 1. The summed E-state index contributed by atoms with van der Waals surface area (Å²) in [6, 6.07) is 5.87. The highest BCUT2D eigenvalue weighted by Gasteiger charge is 2.15. The first-order chi connectivity index (χ1) is 9.29. The lowest BCUT2D eigenvalue weighted by Crippen LogP contribution is -2.25. The highest BCUT2D eigenvalue weighted by Crippen LogP contribution is 2.28. The van der Waals surface area contributed by atoms with Gasteiger partial charge in [0.15, 0.2) is 6.61 Å². The van der Waals surface area contributed by atoms with E-state index in [1.165, 1.54) is 0 Å². The third-order valence-corrected chi connectivity index (χ3v) is 3.63. The van der Waals surface area contributed by atoms with Crippen LogP contribution in [0.15, 0.2) is 30.9 Å². The summed E-state index contributed by atoms with van der Waals surface area (Å²) in [4.78, 5) is 11.2. The maximum Gasteiger partial charge on any atom is 0.262 e. The van der Waals surface area contributed by atoms with Crippen LogP contribution in [-0.2, 0) is 11.3 Å². The van der Waals surface area contributed by atoms with Crippen LogP contribution in [0, 0.1) is 0 Å². The second kappa shape index (κ2) is 7.21. The van der Waals surface area contributed by atoms with E-state index in [0.717, 1.165) is 41.6 Å². The Kier molecular flexibility index (Phi) is 5.30. The van der Waals surface area contributed by atoms with Crippen molar-refractivity contribution in [1.29, 1.82) is 0 Å². The molecule has 102 valence electrons. The van der Waals surface area contributed by atoms with Crippen LogP contribution in [0.2, 0.25) is 0 Å². The molecule has 0 aliphatic carbocycles. The Bertz CT molecular complexity index is 463. The van der Waals surface area contributed by atoms with Gasteiger partial charge in [0.05, 0.1) is 5.69 Å². The second-order valence-corrected chi connectivity index (χ2v) is 5.36. The fraction of sp³-hybridized carbons (Fsp3) is 0.357. The normalized spacial score (nSPS) is 13.4. The second-order valence-electron chi connectivity index (χ2n) is 4.21. The van der Waals surface area contributed by atoms with E-state index in [1.807, 2.05) is 36.0 Å². The third-order valence-electron chi connectivity index (χ3n) is 2.66. The molecule has 2 N–H and O–H groups in total. The average Bonchev–Trinajstić information content (AvgIpc) is 2.42. The van der Waals surface area contributed by atoms with Gasteiger partial charge in [-0.2, -0.15) is 11.8 Å². The monoisotopic (exact) mass is 278 g/mol. The molecule has 1 aliphatic heterocycles. The van der Waals surface area contributed by atoms with Crippen molar-refractivity contribution in [3.63, 3.8) is 0 Å². The lowest BCUT2D eigenvalue weighted by molar-refractivity contribution is -0.118. The SMILES string of the molecule is C=CCSCCNCc1ccc2c(c1)NC(=O)CO2. The molecule has 4 nitrogen and oxygen atoms in total. The number of thioether (sulfide) groups is 1. The molecule has 0 spiro atoms. The number of hydrogen-bond donors (Lipinski definition) is 2. The summed E-state index contributed by atoms with van der Waals surface area (Å²) >= 11 is 1.85. The van der Waals surface area contributed by atoms with E-state index in [2.05, 4.69) is 17.2 Å². The first-order valence-corrected chi connectivity index (χ1v) is 7.40. The van der Waals surface area contributed by atoms with Crippen LogP contribution in [0.25, 0.3) is 0 Å². The smallest absolute Gasteiger partial charge is 0.262 e. The van der Waals surface area contributed by atoms with Crippen molar-refractivity contribution in [2.24, 2.45) is 0 Å². The molecule has 1 aromatic carbocycles. The number of benzene rings is 1. The Labute approximate surface area is 117 Å². The molecule has 1 aromatic rings. The predicted octanol–water partition coefficient (Wildman–Crippen LogP) is 2.03. The van der Waals surface area contributed by atoms with Gasteiger partial charge in [0.25, 0.3) is 5.91 Å². The summed E-state index contributed by atoms with van der Waals surface area (Å²) in [6.45, 7) is 5.53. The summed E-state index contributed by atoms with van der Waals surface area (Å²) in [5.74, 6) is 2.70. The van der Waals surface area contributed by atoms with Crippen LogP contribution in [-0.4, -0.2) is 30.6 Å². The molecule has 0 aromatic heterocycles. The summed E-state index contributed by atoms with van der Waals surface area (Å²) in [5.41, 5.74) is 1.90. The van der Waals surface area contributed by atoms with Crippen molar-refractivity contribution < 1.29 is 9.53 Å². The standard InChI is InChI=1S/C14H18N2O2S/c1-2-6-19-7-5-15-9-11-3-4-13-12(8-11)16-14(17)10-18-13/h2-4,8,15H,1,5-7,9-10H2,(H,16,17). The van der Waals surface area contributed by atoms with E-state index < -0.39 is 0 Å². The predicted molar refractivity (Wildman–Crippen MR) is 79.8 cm³/mol. The van der Waals surface area contributed by atoms with Crippen molar-refractivity contribution in [3.05, 3.63) is 36.4 Å². The number of nitrogens with one attached hydrogen (secondary N) is 2. The van der Waals surface area contributed by atoms with Gasteiger partial charge in [-0.1, -0.05) is 12.1 Å². The lowest BCUT2D eigenvalue weighted by Gasteiger charge is -2.18. The number of anilines is 1. The summed E-state index contributed by atoms with van der Waals surface area (Å²) in [5, 5.41) is 6.18. The molecule has 1 amide bonds. The molecule has 19 heavy (non-hydrogen) atoms. The van der Waals surface area contributed by atoms with Gasteiger partial charge in [0, 0.05) is 24.6 Å². The Morgan fingerprint density at radius 2 is 2.42 bits per heavy atom. The van der Waals surface area contributed by atoms with Crippen molar-refractivity contribution in [1.82, 2.24) is 5.32 Å². The maximum atomic E-state index is 11.2. The molecule has 0 saturated heterocycles. The van der Waals surface area contributed by atoms with E-state index in [1.54, 1.807) is 0 Å². The van der Waals surface area contributed by atoms with E-state index in [9.17, 15) is 4.79 Å². The molecule has 1 heterocycles. The topological polar surface area (TPSA) is 50.4 Å². The quantitative estimate of drug-likeness (QED) is 0.592. The van der Waals surface area contributed by atoms with Crippen LogP contribution >= 0.6 is 11.8 Å². The average molecular weight is 278 g/mol. The summed E-state index contributed by atoms with van der Waals surface area (Å²) < 4.78 is 5.32. The van der Waals surface area contributed by atoms with Crippen molar-refractivity contribution in [2.45, 2.75) is 6.54 Å². The van der Waals surface area contributed by atoms with Gasteiger partial charge >= 0.3 is 0 Å². The number of ether oxygens (including phenoxy) is 1. The van der Waals surface area contributed by atoms with Crippen LogP contribution < -0.4 is 15.4 Å². The Morgan fingerprint density at radius 3 is 3.26 bits per heavy atom. The summed E-state index contributed by atoms with van der Waals surface area (Å²) in [6.07, 6.45) is 1.91. The number of carbonyl (C=O) groups is 1. The Balaban J connectivity index is 1.79. The molecule has 0 bridgehead atoms. The molecule has 0 fully saturated rings. The van der Waals surface area contributed by atoms with E-state index in [0.29, 0.717) is 0 Å². The van der Waals surface area contributed by atoms with Gasteiger partial charge in [-0.3, -0.25) is 4.79 Å². The number of hydrogen-bond acceptors (Lipinski definition) is 4. The Hall–Kier alpha value is -1.46. The number of amides is 1. The molecule has 0 saturated carbocycles.